The molecule has 1 aromatic rings. The van der Waals surface area contributed by atoms with Gasteiger partial charge in [-0.1, -0.05) is 88.1 Å². The lowest BCUT2D eigenvalue weighted by molar-refractivity contribution is 0.171. The monoisotopic (exact) mass is 460 g/mol. The lowest BCUT2D eigenvalue weighted by Gasteiger charge is -2.37. The molecule has 0 heterocycles. The molecule has 0 amide bonds. The van der Waals surface area contributed by atoms with Crippen molar-refractivity contribution in [3.05, 3.63) is 59.7 Å². The van der Waals surface area contributed by atoms with E-state index in [-0.39, 0.29) is 0 Å². The van der Waals surface area contributed by atoms with Gasteiger partial charge in [0, 0.05) is 0 Å². The van der Waals surface area contributed by atoms with E-state index < -0.39 is 0 Å². The molecule has 3 aliphatic rings. The summed E-state index contributed by atoms with van der Waals surface area (Å²) in [6.45, 7) is 4.58. The van der Waals surface area contributed by atoms with Crippen LogP contribution < -0.4 is 0 Å². The Labute approximate surface area is 211 Å². The Bertz CT molecular complexity index is 737. The van der Waals surface area contributed by atoms with Gasteiger partial charge in [-0.05, 0) is 124 Å². The summed E-state index contributed by atoms with van der Waals surface area (Å²) in [7, 11) is 0. The SMILES string of the molecule is CCCCCC1C=CC(C=CC2CCC(C3CCC(c4ccc(CCC)cc4)CC3)CC2)CC1. The van der Waals surface area contributed by atoms with Crippen molar-refractivity contribution in [2.24, 2.45) is 29.6 Å². The zero-order chi connectivity index (χ0) is 23.6. The average molecular weight is 461 g/mol. The van der Waals surface area contributed by atoms with Crippen molar-refractivity contribution in [1.82, 2.24) is 0 Å². The Morgan fingerprint density at radius 2 is 1.38 bits per heavy atom. The third-order valence-electron chi connectivity index (χ3n) is 9.56. The Kier molecular flexibility index (Phi) is 10.4. The van der Waals surface area contributed by atoms with E-state index in [9.17, 15) is 0 Å². The summed E-state index contributed by atoms with van der Waals surface area (Å²) in [6, 6.07) is 9.63. The number of benzene rings is 1. The zero-order valence-corrected chi connectivity index (χ0v) is 22.4. The number of allylic oxidation sites excluding steroid dienone is 4. The molecule has 2 fully saturated rings. The highest BCUT2D eigenvalue weighted by atomic mass is 14.4. The fourth-order valence-electron chi connectivity index (χ4n) is 7.23. The largest absolute Gasteiger partial charge is 0.0848 e. The number of hydrogen-bond donors (Lipinski definition) is 0. The Morgan fingerprint density at radius 1 is 0.676 bits per heavy atom. The Balaban J connectivity index is 1.15. The van der Waals surface area contributed by atoms with Gasteiger partial charge in [0.25, 0.3) is 0 Å². The van der Waals surface area contributed by atoms with E-state index in [0.29, 0.717) is 5.92 Å². The van der Waals surface area contributed by atoms with Crippen molar-refractivity contribution in [2.75, 3.05) is 0 Å². The molecule has 188 valence electrons. The van der Waals surface area contributed by atoms with Crippen LogP contribution in [-0.4, -0.2) is 0 Å². The van der Waals surface area contributed by atoms with Gasteiger partial charge in [-0.3, -0.25) is 0 Å². The van der Waals surface area contributed by atoms with E-state index in [1.54, 1.807) is 5.56 Å². The molecule has 0 nitrogen and oxygen atoms in total. The summed E-state index contributed by atoms with van der Waals surface area (Å²) >= 11 is 0. The first-order valence-electron chi connectivity index (χ1n) is 15.2. The third kappa shape index (κ3) is 7.60. The average Bonchev–Trinajstić information content (AvgIpc) is 2.89. The molecule has 1 aromatic carbocycles. The van der Waals surface area contributed by atoms with Crippen LogP contribution in [0.1, 0.15) is 127 Å². The second-order valence-electron chi connectivity index (χ2n) is 12.0. The Hall–Kier alpha value is -1.30. The number of rotatable bonds is 10. The van der Waals surface area contributed by atoms with Crippen molar-refractivity contribution < 1.29 is 0 Å². The smallest absolute Gasteiger partial charge is 0.00531 e. The fraction of sp³-hybridized carbons (Fsp3) is 0.706. The van der Waals surface area contributed by atoms with Crippen molar-refractivity contribution in [1.29, 1.82) is 0 Å². The van der Waals surface area contributed by atoms with Crippen LogP contribution in [0.15, 0.2) is 48.6 Å². The summed E-state index contributed by atoms with van der Waals surface area (Å²) in [6.07, 6.45) is 32.7. The first-order valence-corrected chi connectivity index (χ1v) is 15.2. The van der Waals surface area contributed by atoms with Gasteiger partial charge in [-0.2, -0.15) is 0 Å². The molecule has 0 radical (unpaired) electrons. The predicted octanol–water partition coefficient (Wildman–Crippen LogP) is 10.4. The van der Waals surface area contributed by atoms with Crippen LogP contribution in [0.2, 0.25) is 0 Å². The fourth-order valence-corrected chi connectivity index (χ4v) is 7.23. The number of aryl methyl sites for hydroxylation is 1. The quantitative estimate of drug-likeness (QED) is 0.240. The van der Waals surface area contributed by atoms with Crippen molar-refractivity contribution >= 4 is 0 Å². The van der Waals surface area contributed by atoms with Crippen LogP contribution in [0, 0.1) is 29.6 Å². The standard InChI is InChI=1S/C34H52/c1-3-5-6-8-28-9-11-29(12-10-28)13-14-30-17-21-32(22-18-30)34-25-23-33(24-26-34)31-19-15-27(7-4-2)16-20-31/h9,11,13-16,19-20,28-30,32-34H,3-8,10,12,17-18,21-26H2,1-2H3. The summed E-state index contributed by atoms with van der Waals surface area (Å²) in [5.74, 6) is 5.27. The van der Waals surface area contributed by atoms with Gasteiger partial charge in [0.2, 0.25) is 0 Å². The maximum atomic E-state index is 2.61. The molecule has 34 heavy (non-hydrogen) atoms. The highest BCUT2D eigenvalue weighted by Crippen LogP contribution is 2.44. The molecule has 0 spiro atoms. The Morgan fingerprint density at radius 3 is 2.00 bits per heavy atom. The molecule has 0 heteroatoms. The highest BCUT2D eigenvalue weighted by Gasteiger charge is 2.30. The summed E-state index contributed by atoms with van der Waals surface area (Å²) < 4.78 is 0. The highest BCUT2D eigenvalue weighted by molar-refractivity contribution is 5.26. The molecule has 0 N–H and O–H groups in total. The molecule has 0 bridgehead atoms. The van der Waals surface area contributed by atoms with E-state index >= 15 is 0 Å². The number of unbranched alkanes of at least 4 members (excludes halogenated alkanes) is 2. The van der Waals surface area contributed by atoms with E-state index in [4.69, 9.17) is 0 Å². The first kappa shape index (κ1) is 25.8. The molecular formula is C34H52. The maximum absolute atomic E-state index is 2.61. The van der Waals surface area contributed by atoms with Crippen LogP contribution in [-0.2, 0) is 6.42 Å². The van der Waals surface area contributed by atoms with E-state index in [0.717, 1.165) is 29.6 Å². The second kappa shape index (κ2) is 13.7. The van der Waals surface area contributed by atoms with E-state index in [1.807, 2.05) is 0 Å². The second-order valence-corrected chi connectivity index (χ2v) is 12.0. The molecule has 0 saturated heterocycles. The zero-order valence-electron chi connectivity index (χ0n) is 22.4. The van der Waals surface area contributed by atoms with Gasteiger partial charge < -0.3 is 0 Å². The number of hydrogen-bond acceptors (Lipinski definition) is 0. The minimum Gasteiger partial charge on any atom is -0.0848 e. The topological polar surface area (TPSA) is 0 Å². The lowest BCUT2D eigenvalue weighted by Crippen LogP contribution is -2.25. The van der Waals surface area contributed by atoms with Gasteiger partial charge in [-0.25, -0.2) is 0 Å². The normalized spacial score (nSPS) is 32.3. The van der Waals surface area contributed by atoms with Gasteiger partial charge in [0.15, 0.2) is 0 Å². The van der Waals surface area contributed by atoms with E-state index in [1.165, 1.54) is 108 Å². The predicted molar refractivity (Wildman–Crippen MR) is 149 cm³/mol. The molecule has 3 aliphatic carbocycles. The molecule has 4 rings (SSSR count). The molecule has 0 aromatic heterocycles. The van der Waals surface area contributed by atoms with E-state index in [2.05, 4.69) is 62.4 Å². The molecule has 0 aliphatic heterocycles. The van der Waals surface area contributed by atoms with Crippen LogP contribution in [0.25, 0.3) is 0 Å². The first-order chi connectivity index (χ1) is 16.7. The van der Waals surface area contributed by atoms with Crippen LogP contribution in [0.4, 0.5) is 0 Å². The molecular weight excluding hydrogens is 408 g/mol. The van der Waals surface area contributed by atoms with Gasteiger partial charge in [0.1, 0.15) is 0 Å². The summed E-state index contributed by atoms with van der Waals surface area (Å²) in [4.78, 5) is 0. The van der Waals surface area contributed by atoms with Crippen molar-refractivity contribution in [3.8, 4) is 0 Å². The van der Waals surface area contributed by atoms with Gasteiger partial charge in [-0.15, -0.1) is 0 Å². The van der Waals surface area contributed by atoms with Gasteiger partial charge in [0.05, 0.1) is 0 Å². The third-order valence-corrected chi connectivity index (χ3v) is 9.56. The van der Waals surface area contributed by atoms with Crippen LogP contribution >= 0.6 is 0 Å². The minimum atomic E-state index is 0.714. The van der Waals surface area contributed by atoms with Gasteiger partial charge >= 0.3 is 0 Å². The summed E-state index contributed by atoms with van der Waals surface area (Å²) in [5.41, 5.74) is 3.12. The molecule has 2 saturated carbocycles. The maximum Gasteiger partial charge on any atom is -0.00531 e. The summed E-state index contributed by atoms with van der Waals surface area (Å²) in [5, 5.41) is 0. The van der Waals surface area contributed by atoms with Crippen LogP contribution in [0.5, 0.6) is 0 Å². The van der Waals surface area contributed by atoms with Crippen molar-refractivity contribution in [3.63, 3.8) is 0 Å². The van der Waals surface area contributed by atoms with Crippen LogP contribution in [0.3, 0.4) is 0 Å². The van der Waals surface area contributed by atoms with Crippen molar-refractivity contribution in [2.45, 2.75) is 122 Å². The molecule has 2 atom stereocenters. The minimum absolute atomic E-state index is 0.714. The molecule has 2 unspecified atom stereocenters. The lowest BCUT2D eigenvalue weighted by atomic mass is 9.68.